The van der Waals surface area contributed by atoms with Gasteiger partial charge in [0.25, 0.3) is 0 Å². The summed E-state index contributed by atoms with van der Waals surface area (Å²) in [6.07, 6.45) is 0. The number of esters is 1. The van der Waals surface area contributed by atoms with E-state index in [2.05, 4.69) is 0 Å². The highest BCUT2D eigenvalue weighted by Gasteiger charge is 2.52. The van der Waals surface area contributed by atoms with Crippen molar-refractivity contribution in [2.45, 2.75) is 45.8 Å². The van der Waals surface area contributed by atoms with Crippen LogP contribution in [0.2, 0.25) is 0 Å². The van der Waals surface area contributed by atoms with Crippen molar-refractivity contribution >= 4 is 18.6 Å². The van der Waals surface area contributed by atoms with E-state index in [0.717, 1.165) is 0 Å². The molecule has 0 aromatic heterocycles. The minimum absolute atomic E-state index is 0.246. The molecular formula is C16H22BFO5. The lowest BCUT2D eigenvalue weighted by atomic mass is 9.78. The van der Waals surface area contributed by atoms with Crippen molar-refractivity contribution in [3.8, 4) is 5.75 Å². The molecule has 1 aromatic carbocycles. The molecule has 7 heteroatoms. The molecule has 0 N–H and O–H groups in total. The van der Waals surface area contributed by atoms with E-state index in [1.54, 1.807) is 13.0 Å². The number of hydrogen-bond donors (Lipinski definition) is 0. The third-order valence-electron chi connectivity index (χ3n) is 4.14. The zero-order valence-electron chi connectivity index (χ0n) is 14.1. The number of hydrogen-bond acceptors (Lipinski definition) is 5. The molecule has 5 nitrogen and oxygen atoms in total. The third-order valence-corrected chi connectivity index (χ3v) is 4.14. The third kappa shape index (κ3) is 3.84. The van der Waals surface area contributed by atoms with E-state index in [1.807, 2.05) is 27.7 Å². The van der Waals surface area contributed by atoms with Crippen molar-refractivity contribution in [1.82, 2.24) is 0 Å². The monoisotopic (exact) mass is 324 g/mol. The maximum Gasteiger partial charge on any atom is 0.497 e. The van der Waals surface area contributed by atoms with Gasteiger partial charge in [0.2, 0.25) is 0 Å². The Balaban J connectivity index is 2.07. The molecule has 1 aromatic rings. The van der Waals surface area contributed by atoms with Crippen LogP contribution in [0.15, 0.2) is 18.2 Å². The molecule has 2 rings (SSSR count). The first-order valence-electron chi connectivity index (χ1n) is 7.60. The fraction of sp³-hybridized carbons (Fsp3) is 0.562. The second-order valence-electron chi connectivity index (χ2n) is 6.37. The van der Waals surface area contributed by atoms with Crippen LogP contribution >= 0.6 is 0 Å². The highest BCUT2D eigenvalue weighted by molar-refractivity contribution is 6.62. The summed E-state index contributed by atoms with van der Waals surface area (Å²) in [7, 11) is -0.779. The lowest BCUT2D eigenvalue weighted by Crippen LogP contribution is -2.41. The van der Waals surface area contributed by atoms with Gasteiger partial charge in [0.05, 0.1) is 17.8 Å². The van der Waals surface area contributed by atoms with E-state index in [4.69, 9.17) is 18.8 Å². The Labute approximate surface area is 136 Å². The molecule has 1 fully saturated rings. The Morgan fingerprint density at radius 1 is 1.22 bits per heavy atom. The van der Waals surface area contributed by atoms with E-state index in [9.17, 15) is 9.18 Å². The van der Waals surface area contributed by atoms with Gasteiger partial charge in [-0.25, -0.2) is 9.18 Å². The number of benzene rings is 1. The molecule has 1 aliphatic heterocycles. The highest BCUT2D eigenvalue weighted by Crippen LogP contribution is 2.36. The molecule has 126 valence electrons. The first-order valence-corrected chi connectivity index (χ1v) is 7.60. The van der Waals surface area contributed by atoms with Gasteiger partial charge in [0.15, 0.2) is 6.61 Å². The minimum Gasteiger partial charge on any atom is -0.482 e. The van der Waals surface area contributed by atoms with Crippen LogP contribution in [-0.2, 0) is 18.8 Å². The minimum atomic E-state index is -0.779. The molecule has 0 spiro atoms. The SMILES string of the molecule is CCOC(=O)COc1ccc(B2OC(C)(C)C(C)(C)O2)c(F)c1. The zero-order valence-corrected chi connectivity index (χ0v) is 14.1. The maximum absolute atomic E-state index is 14.3. The van der Waals surface area contributed by atoms with Gasteiger partial charge in [-0.15, -0.1) is 0 Å². The van der Waals surface area contributed by atoms with Crippen molar-refractivity contribution in [2.24, 2.45) is 0 Å². The van der Waals surface area contributed by atoms with E-state index in [0.29, 0.717) is 5.46 Å². The topological polar surface area (TPSA) is 54.0 Å². The van der Waals surface area contributed by atoms with Crippen LogP contribution in [0.1, 0.15) is 34.6 Å². The van der Waals surface area contributed by atoms with E-state index < -0.39 is 30.1 Å². The van der Waals surface area contributed by atoms with Gasteiger partial charge in [-0.3, -0.25) is 0 Å². The summed E-state index contributed by atoms with van der Waals surface area (Å²) >= 11 is 0. The van der Waals surface area contributed by atoms with Crippen molar-refractivity contribution < 1.29 is 28.0 Å². The van der Waals surface area contributed by atoms with Gasteiger partial charge in [-0.05, 0) is 40.7 Å². The Morgan fingerprint density at radius 3 is 2.35 bits per heavy atom. The van der Waals surface area contributed by atoms with Crippen LogP contribution in [0.4, 0.5) is 4.39 Å². The van der Waals surface area contributed by atoms with Crippen LogP contribution < -0.4 is 10.2 Å². The van der Waals surface area contributed by atoms with E-state index >= 15 is 0 Å². The quantitative estimate of drug-likeness (QED) is 0.613. The summed E-state index contributed by atoms with van der Waals surface area (Å²) in [5, 5.41) is 0. The summed E-state index contributed by atoms with van der Waals surface area (Å²) in [6.45, 7) is 9.34. The van der Waals surface area contributed by atoms with Crippen LogP contribution in [0.25, 0.3) is 0 Å². The normalized spacial score (nSPS) is 18.8. The van der Waals surface area contributed by atoms with Crippen LogP contribution in [-0.4, -0.2) is 37.5 Å². The largest absolute Gasteiger partial charge is 0.497 e. The molecule has 0 unspecified atom stereocenters. The number of ether oxygens (including phenoxy) is 2. The lowest BCUT2D eigenvalue weighted by Gasteiger charge is -2.32. The van der Waals surface area contributed by atoms with Crippen molar-refractivity contribution in [3.05, 3.63) is 24.0 Å². The first-order chi connectivity index (χ1) is 10.7. The zero-order chi connectivity index (χ0) is 17.3. The fourth-order valence-corrected chi connectivity index (χ4v) is 2.10. The van der Waals surface area contributed by atoms with Crippen LogP contribution in [0.3, 0.4) is 0 Å². The van der Waals surface area contributed by atoms with Gasteiger partial charge in [0.1, 0.15) is 11.6 Å². The molecule has 0 bridgehead atoms. The van der Waals surface area contributed by atoms with Gasteiger partial charge < -0.3 is 18.8 Å². The number of carbonyl (C=O) groups is 1. The van der Waals surface area contributed by atoms with Gasteiger partial charge in [0, 0.05) is 11.5 Å². The van der Waals surface area contributed by atoms with Crippen molar-refractivity contribution in [3.63, 3.8) is 0 Å². The highest BCUT2D eigenvalue weighted by atomic mass is 19.1. The Bertz CT molecular complexity index is 572. The second kappa shape index (κ2) is 6.49. The maximum atomic E-state index is 14.3. The van der Waals surface area contributed by atoms with Gasteiger partial charge >= 0.3 is 13.1 Å². The Morgan fingerprint density at radius 2 is 1.83 bits per heavy atom. The Kier molecular flexibility index (Phi) is 5.01. The molecule has 1 saturated heterocycles. The summed E-state index contributed by atoms with van der Waals surface area (Å²) < 4.78 is 35.9. The summed E-state index contributed by atoms with van der Waals surface area (Å²) in [5.74, 6) is -0.761. The van der Waals surface area contributed by atoms with Crippen LogP contribution in [0, 0.1) is 5.82 Å². The van der Waals surface area contributed by atoms with E-state index in [1.165, 1.54) is 12.1 Å². The molecule has 0 saturated carbocycles. The number of carbonyl (C=O) groups excluding carboxylic acids is 1. The molecule has 0 radical (unpaired) electrons. The standard InChI is InChI=1S/C16H22BFO5/c1-6-20-14(19)10-21-11-7-8-12(13(18)9-11)17-22-15(2,3)16(4,5)23-17/h7-9H,6,10H2,1-5H3. The summed E-state index contributed by atoms with van der Waals surface area (Å²) in [6, 6.07) is 4.32. The summed E-state index contributed by atoms with van der Waals surface area (Å²) in [5.41, 5.74) is -0.779. The summed E-state index contributed by atoms with van der Waals surface area (Å²) in [4.78, 5) is 11.2. The van der Waals surface area contributed by atoms with Crippen molar-refractivity contribution in [2.75, 3.05) is 13.2 Å². The molecule has 1 aliphatic rings. The Hall–Kier alpha value is -1.60. The number of rotatable bonds is 5. The molecular weight excluding hydrogens is 302 g/mol. The van der Waals surface area contributed by atoms with Gasteiger partial charge in [-0.1, -0.05) is 6.07 Å². The average Bonchev–Trinajstić information content (AvgIpc) is 2.65. The first kappa shape index (κ1) is 17.8. The lowest BCUT2D eigenvalue weighted by molar-refractivity contribution is -0.145. The second-order valence-corrected chi connectivity index (χ2v) is 6.37. The molecule has 0 aliphatic carbocycles. The van der Waals surface area contributed by atoms with Crippen LogP contribution in [0.5, 0.6) is 5.75 Å². The van der Waals surface area contributed by atoms with E-state index in [-0.39, 0.29) is 19.0 Å². The van der Waals surface area contributed by atoms with Crippen molar-refractivity contribution in [1.29, 1.82) is 0 Å². The molecule has 0 atom stereocenters. The molecule has 23 heavy (non-hydrogen) atoms. The average molecular weight is 324 g/mol. The smallest absolute Gasteiger partial charge is 0.482 e. The number of halogens is 1. The van der Waals surface area contributed by atoms with Gasteiger partial charge in [-0.2, -0.15) is 0 Å². The fourth-order valence-electron chi connectivity index (χ4n) is 2.10. The predicted molar refractivity (Wildman–Crippen MR) is 84.2 cm³/mol. The molecule has 0 amide bonds. The molecule has 1 heterocycles. The predicted octanol–water partition coefficient (Wildman–Crippen LogP) is 2.07.